The van der Waals surface area contributed by atoms with Crippen molar-refractivity contribution >= 4 is 34.1 Å². The van der Waals surface area contributed by atoms with Gasteiger partial charge in [-0.05, 0) is 54.8 Å². The molecule has 5 rings (SSSR count). The Kier molecular flexibility index (Phi) is 10.1. The molecule has 0 spiro atoms. The number of carbonyl (C=O) groups is 2. The number of fused-ring (bicyclic) bond motifs is 1. The summed E-state index contributed by atoms with van der Waals surface area (Å²) >= 11 is 0. The normalized spacial score (nSPS) is 13.9. The summed E-state index contributed by atoms with van der Waals surface area (Å²) < 4.78 is 64.8. The molecule has 0 aliphatic carbocycles. The van der Waals surface area contributed by atoms with E-state index in [1.165, 1.54) is 40.1 Å². The number of likely N-dealkylation sites (tertiary alicyclic amines) is 1. The number of nitrogens with zero attached hydrogens (tertiary/aromatic N) is 4. The van der Waals surface area contributed by atoms with E-state index >= 15 is 0 Å². The molecule has 1 aliphatic rings. The van der Waals surface area contributed by atoms with Crippen LogP contribution in [0.4, 0.5) is 28.9 Å². The number of benzene rings is 3. The Balaban J connectivity index is 1.36. The lowest BCUT2D eigenvalue weighted by molar-refractivity contribution is -0.137. The molecule has 1 aromatic heterocycles. The van der Waals surface area contributed by atoms with Crippen molar-refractivity contribution < 1.29 is 36.6 Å². The number of hydrogen-bond acceptors (Lipinski definition) is 7. The first-order valence-corrected chi connectivity index (χ1v) is 14.8. The maximum Gasteiger partial charge on any atom is 0.416 e. The molecule has 2 amide bonds. The molecule has 248 valence electrons. The van der Waals surface area contributed by atoms with Crippen LogP contribution in [-0.4, -0.2) is 66.2 Å². The smallest absolute Gasteiger partial charge is 0.416 e. The molecule has 10 nitrogen and oxygen atoms in total. The molecule has 4 aromatic rings. The van der Waals surface area contributed by atoms with Crippen molar-refractivity contribution in [3.63, 3.8) is 0 Å². The van der Waals surface area contributed by atoms with Gasteiger partial charge in [0.2, 0.25) is 11.8 Å². The number of hydrogen-bond donors (Lipinski definition) is 1. The van der Waals surface area contributed by atoms with Gasteiger partial charge in [-0.25, -0.2) is 9.37 Å². The van der Waals surface area contributed by atoms with Gasteiger partial charge in [0, 0.05) is 38.9 Å². The molecule has 1 aliphatic heterocycles. The van der Waals surface area contributed by atoms with Crippen LogP contribution in [0.5, 0.6) is 11.5 Å². The summed E-state index contributed by atoms with van der Waals surface area (Å²) in [4.78, 5) is 47.0. The standard InChI is InChI=1S/C33H33F4N5O5/c1-40(2)24-4-3-5-25(14-24)47-29-15-26-27(38-20-42(32(26)45)17-31(44)41-12-10-23(34)11-13-41)16-28(29)39-30(43)19-46-18-21-6-8-22(9-7-21)33(35,36)37/h3-9,14-16,20,23H,10-13,17-19H2,1-2H3,(H,39,43). The molecule has 0 radical (unpaired) electrons. The summed E-state index contributed by atoms with van der Waals surface area (Å²) in [6, 6.07) is 14.5. The summed E-state index contributed by atoms with van der Waals surface area (Å²) in [5.41, 5.74) is 0.410. The van der Waals surface area contributed by atoms with Crippen LogP contribution >= 0.6 is 0 Å². The van der Waals surface area contributed by atoms with Crippen molar-refractivity contribution in [3.8, 4) is 11.5 Å². The van der Waals surface area contributed by atoms with Crippen LogP contribution < -0.4 is 20.5 Å². The maximum atomic E-state index is 13.5. The Morgan fingerprint density at radius 2 is 1.77 bits per heavy atom. The van der Waals surface area contributed by atoms with E-state index in [9.17, 15) is 31.9 Å². The molecule has 1 fully saturated rings. The van der Waals surface area contributed by atoms with Crippen molar-refractivity contribution in [1.82, 2.24) is 14.5 Å². The Labute approximate surface area is 267 Å². The van der Waals surface area contributed by atoms with E-state index in [0.717, 1.165) is 17.8 Å². The lowest BCUT2D eigenvalue weighted by Gasteiger charge is -2.28. The second-order valence-corrected chi connectivity index (χ2v) is 11.3. The summed E-state index contributed by atoms with van der Waals surface area (Å²) in [6.07, 6.45) is -3.66. The van der Waals surface area contributed by atoms with Gasteiger partial charge < -0.3 is 24.6 Å². The Bertz CT molecular complexity index is 1800. The zero-order chi connectivity index (χ0) is 33.7. The van der Waals surface area contributed by atoms with Crippen molar-refractivity contribution in [1.29, 1.82) is 0 Å². The zero-order valence-electron chi connectivity index (χ0n) is 25.7. The Morgan fingerprint density at radius 1 is 1.04 bits per heavy atom. The molecule has 0 atom stereocenters. The minimum absolute atomic E-state index is 0.102. The number of carbonyl (C=O) groups excluding carboxylic acids is 2. The number of ether oxygens (including phenoxy) is 2. The first-order valence-electron chi connectivity index (χ1n) is 14.8. The van der Waals surface area contributed by atoms with E-state index in [4.69, 9.17) is 9.47 Å². The molecule has 14 heteroatoms. The van der Waals surface area contributed by atoms with Crippen LogP contribution in [0, 0.1) is 0 Å². The molecular formula is C33H33F4N5O5. The van der Waals surface area contributed by atoms with Gasteiger partial charge in [-0.1, -0.05) is 18.2 Å². The Hall–Kier alpha value is -4.98. The van der Waals surface area contributed by atoms with Crippen LogP contribution in [0.25, 0.3) is 10.9 Å². The monoisotopic (exact) mass is 655 g/mol. The molecular weight excluding hydrogens is 622 g/mol. The van der Waals surface area contributed by atoms with Crippen molar-refractivity contribution in [2.75, 3.05) is 44.0 Å². The second kappa shape index (κ2) is 14.2. The highest BCUT2D eigenvalue weighted by atomic mass is 19.4. The third-order valence-electron chi connectivity index (χ3n) is 7.63. The average molecular weight is 656 g/mol. The predicted octanol–water partition coefficient (Wildman–Crippen LogP) is 5.39. The van der Waals surface area contributed by atoms with Crippen LogP contribution in [0.15, 0.2) is 71.8 Å². The minimum atomic E-state index is -4.46. The molecule has 3 aromatic carbocycles. The number of halogens is 4. The van der Waals surface area contributed by atoms with E-state index in [2.05, 4.69) is 10.3 Å². The number of amides is 2. The van der Waals surface area contributed by atoms with Crippen molar-refractivity contribution in [3.05, 3.63) is 88.5 Å². The van der Waals surface area contributed by atoms with Gasteiger partial charge >= 0.3 is 6.18 Å². The lowest BCUT2D eigenvalue weighted by Crippen LogP contribution is -2.42. The number of piperidine rings is 1. The van der Waals surface area contributed by atoms with Crippen LogP contribution in [-0.2, 0) is 33.7 Å². The molecule has 1 saturated heterocycles. The highest BCUT2D eigenvalue weighted by Crippen LogP contribution is 2.34. The van der Waals surface area contributed by atoms with Gasteiger partial charge in [0.05, 0.1) is 35.1 Å². The molecule has 0 bridgehead atoms. The van der Waals surface area contributed by atoms with Gasteiger partial charge in [-0.3, -0.25) is 19.0 Å². The third-order valence-corrected chi connectivity index (χ3v) is 7.63. The van der Waals surface area contributed by atoms with E-state index in [-0.39, 0.29) is 67.3 Å². The fourth-order valence-electron chi connectivity index (χ4n) is 5.01. The van der Waals surface area contributed by atoms with Gasteiger partial charge in [-0.2, -0.15) is 13.2 Å². The minimum Gasteiger partial charge on any atom is -0.455 e. The predicted molar refractivity (Wildman–Crippen MR) is 167 cm³/mol. The van der Waals surface area contributed by atoms with E-state index in [1.54, 1.807) is 18.2 Å². The van der Waals surface area contributed by atoms with E-state index in [0.29, 0.717) is 11.3 Å². The highest BCUT2D eigenvalue weighted by molar-refractivity contribution is 5.96. The quantitative estimate of drug-likeness (QED) is 0.229. The van der Waals surface area contributed by atoms with Crippen LogP contribution in [0.2, 0.25) is 0 Å². The SMILES string of the molecule is CN(C)c1cccc(Oc2cc3c(=O)n(CC(=O)N4CCC(F)CC4)cnc3cc2NC(=O)COCc2ccc(C(F)(F)F)cc2)c1. The molecule has 0 unspecified atom stereocenters. The first kappa shape index (κ1) is 33.4. The first-order chi connectivity index (χ1) is 22.4. The topological polar surface area (TPSA) is 106 Å². The number of rotatable bonds is 10. The Morgan fingerprint density at radius 3 is 2.45 bits per heavy atom. The summed E-state index contributed by atoms with van der Waals surface area (Å²) in [7, 11) is 3.72. The highest BCUT2D eigenvalue weighted by Gasteiger charge is 2.30. The molecule has 2 heterocycles. The summed E-state index contributed by atoms with van der Waals surface area (Å²) in [6.45, 7) is -0.247. The van der Waals surface area contributed by atoms with Crippen LogP contribution in [0.1, 0.15) is 24.0 Å². The molecule has 47 heavy (non-hydrogen) atoms. The maximum absolute atomic E-state index is 13.5. The van der Waals surface area contributed by atoms with Gasteiger partial charge in [-0.15, -0.1) is 0 Å². The van der Waals surface area contributed by atoms with Gasteiger partial charge in [0.1, 0.15) is 25.1 Å². The number of aromatic nitrogens is 2. The zero-order valence-corrected chi connectivity index (χ0v) is 25.7. The fourth-order valence-corrected chi connectivity index (χ4v) is 5.01. The second-order valence-electron chi connectivity index (χ2n) is 11.3. The largest absolute Gasteiger partial charge is 0.455 e. The van der Waals surface area contributed by atoms with Crippen LogP contribution in [0.3, 0.4) is 0 Å². The third kappa shape index (κ3) is 8.44. The molecule has 1 N–H and O–H groups in total. The number of anilines is 2. The lowest BCUT2D eigenvalue weighted by atomic mass is 10.1. The number of alkyl halides is 4. The molecule has 0 saturated carbocycles. The van der Waals surface area contributed by atoms with E-state index < -0.39 is 36.0 Å². The fraction of sp³-hybridized carbons (Fsp3) is 0.333. The van der Waals surface area contributed by atoms with Crippen molar-refractivity contribution in [2.45, 2.75) is 38.3 Å². The average Bonchev–Trinajstić information content (AvgIpc) is 3.03. The van der Waals surface area contributed by atoms with E-state index in [1.807, 2.05) is 25.1 Å². The summed E-state index contributed by atoms with van der Waals surface area (Å²) in [5.74, 6) is -0.366. The van der Waals surface area contributed by atoms with Crippen molar-refractivity contribution in [2.24, 2.45) is 0 Å². The van der Waals surface area contributed by atoms with Gasteiger partial charge in [0.25, 0.3) is 5.56 Å². The van der Waals surface area contributed by atoms with Gasteiger partial charge in [0.15, 0.2) is 5.75 Å². The number of nitrogens with one attached hydrogen (secondary N) is 1. The summed E-state index contributed by atoms with van der Waals surface area (Å²) in [5, 5.41) is 2.84.